The van der Waals surface area contributed by atoms with Crippen molar-refractivity contribution < 1.29 is 9.84 Å². The van der Waals surface area contributed by atoms with Crippen LogP contribution in [-0.4, -0.2) is 59.7 Å². The summed E-state index contributed by atoms with van der Waals surface area (Å²) < 4.78 is 7.72. The Kier molecular flexibility index (Phi) is 5.97. The van der Waals surface area contributed by atoms with Gasteiger partial charge >= 0.3 is 0 Å². The monoisotopic (exact) mass is 291 g/mol. The first-order valence-corrected chi connectivity index (χ1v) is 5.94. The van der Waals surface area contributed by atoms with Crippen LogP contribution < -0.4 is 0 Å². The van der Waals surface area contributed by atoms with Gasteiger partial charge in [-0.25, -0.2) is 0 Å². The zero-order chi connectivity index (χ0) is 12.0. The third-order valence-corrected chi connectivity index (χ3v) is 2.60. The van der Waals surface area contributed by atoms with Gasteiger partial charge in [-0.05, 0) is 23.0 Å². The molecule has 0 amide bonds. The number of halogens is 1. The van der Waals surface area contributed by atoms with E-state index in [9.17, 15) is 5.11 Å². The number of ether oxygens (including phenoxy) is 1. The molecular weight excluding hydrogens is 274 g/mol. The molecule has 0 aromatic carbocycles. The summed E-state index contributed by atoms with van der Waals surface area (Å²) in [5.74, 6) is 0. The fourth-order valence-electron chi connectivity index (χ4n) is 1.43. The number of hydrogen-bond acceptors (Lipinski definition) is 4. The molecular formula is C10H18BrN3O2. The Bertz CT molecular complexity index is 306. The minimum Gasteiger partial charge on any atom is -0.389 e. The molecule has 1 unspecified atom stereocenters. The van der Waals surface area contributed by atoms with Gasteiger partial charge in [0.25, 0.3) is 0 Å². The van der Waals surface area contributed by atoms with Crippen molar-refractivity contribution in [1.29, 1.82) is 0 Å². The van der Waals surface area contributed by atoms with Crippen molar-refractivity contribution in [2.24, 2.45) is 0 Å². The summed E-state index contributed by atoms with van der Waals surface area (Å²) in [6, 6.07) is 0. The molecule has 0 aliphatic carbocycles. The van der Waals surface area contributed by atoms with Crippen molar-refractivity contribution in [2.45, 2.75) is 12.6 Å². The highest BCUT2D eigenvalue weighted by atomic mass is 79.9. The summed E-state index contributed by atoms with van der Waals surface area (Å²) in [6.07, 6.45) is 3.26. The van der Waals surface area contributed by atoms with Gasteiger partial charge in [0.05, 0.1) is 29.9 Å². The predicted octanol–water partition coefficient (Wildman–Crippen LogP) is 0.585. The lowest BCUT2D eigenvalue weighted by molar-refractivity contribution is 0.0425. The van der Waals surface area contributed by atoms with Crippen LogP contribution in [0.5, 0.6) is 0 Å². The highest BCUT2D eigenvalue weighted by Crippen LogP contribution is 2.05. The molecule has 6 heteroatoms. The summed E-state index contributed by atoms with van der Waals surface area (Å²) in [4.78, 5) is 2.05. The van der Waals surface area contributed by atoms with Crippen LogP contribution in [0.15, 0.2) is 16.9 Å². The van der Waals surface area contributed by atoms with Crippen LogP contribution in [0.25, 0.3) is 0 Å². The van der Waals surface area contributed by atoms with Gasteiger partial charge in [-0.3, -0.25) is 4.68 Å². The van der Waals surface area contributed by atoms with Crippen LogP contribution in [0.2, 0.25) is 0 Å². The van der Waals surface area contributed by atoms with Gasteiger partial charge in [-0.1, -0.05) is 0 Å². The van der Waals surface area contributed by atoms with Gasteiger partial charge in [-0.15, -0.1) is 0 Å². The second kappa shape index (κ2) is 7.01. The molecule has 1 aromatic rings. The summed E-state index contributed by atoms with van der Waals surface area (Å²) in [5, 5.41) is 13.7. The van der Waals surface area contributed by atoms with E-state index in [-0.39, 0.29) is 0 Å². The maximum absolute atomic E-state index is 9.52. The lowest BCUT2D eigenvalue weighted by Gasteiger charge is -2.19. The minimum absolute atomic E-state index is 0.373. The van der Waals surface area contributed by atoms with Crippen LogP contribution in [0, 0.1) is 0 Å². The molecule has 0 radical (unpaired) electrons. The van der Waals surface area contributed by atoms with Crippen molar-refractivity contribution in [3.63, 3.8) is 0 Å². The zero-order valence-electron chi connectivity index (χ0n) is 9.64. The Balaban J connectivity index is 2.22. The number of aromatic nitrogens is 2. The molecule has 0 aliphatic heterocycles. The van der Waals surface area contributed by atoms with E-state index < -0.39 is 6.10 Å². The van der Waals surface area contributed by atoms with Crippen molar-refractivity contribution in [3.05, 3.63) is 16.9 Å². The molecule has 5 nitrogen and oxygen atoms in total. The Morgan fingerprint density at radius 3 is 3.00 bits per heavy atom. The maximum Gasteiger partial charge on any atom is 0.0899 e. The zero-order valence-corrected chi connectivity index (χ0v) is 11.2. The Labute approximate surface area is 104 Å². The van der Waals surface area contributed by atoms with E-state index in [0.29, 0.717) is 13.2 Å². The summed E-state index contributed by atoms with van der Waals surface area (Å²) in [5.41, 5.74) is 0. The highest BCUT2D eigenvalue weighted by Gasteiger charge is 2.07. The molecule has 1 atom stereocenters. The smallest absolute Gasteiger partial charge is 0.0899 e. The quantitative estimate of drug-likeness (QED) is 0.799. The largest absolute Gasteiger partial charge is 0.389 e. The molecule has 1 aromatic heterocycles. The normalized spacial score (nSPS) is 13.3. The van der Waals surface area contributed by atoms with E-state index >= 15 is 0 Å². The first-order valence-electron chi connectivity index (χ1n) is 5.15. The molecule has 0 saturated carbocycles. The van der Waals surface area contributed by atoms with Gasteiger partial charge in [0.1, 0.15) is 0 Å². The number of methoxy groups -OCH3 is 1. The van der Waals surface area contributed by atoms with Gasteiger partial charge < -0.3 is 14.7 Å². The topological polar surface area (TPSA) is 50.5 Å². The second-order valence-electron chi connectivity index (χ2n) is 3.79. The van der Waals surface area contributed by atoms with Crippen LogP contribution >= 0.6 is 15.9 Å². The number of likely N-dealkylation sites (N-methyl/N-ethyl adjacent to an activating group) is 1. The van der Waals surface area contributed by atoms with Gasteiger partial charge in [0, 0.05) is 26.4 Å². The number of rotatable bonds is 7. The molecule has 0 fully saturated rings. The fourth-order valence-corrected chi connectivity index (χ4v) is 1.76. The van der Waals surface area contributed by atoms with Gasteiger partial charge in [0.15, 0.2) is 0 Å². The summed E-state index contributed by atoms with van der Waals surface area (Å²) in [7, 11) is 3.56. The van der Waals surface area contributed by atoms with E-state index in [4.69, 9.17) is 4.74 Å². The number of aliphatic hydroxyl groups is 1. The van der Waals surface area contributed by atoms with E-state index in [2.05, 4.69) is 25.9 Å². The Morgan fingerprint density at radius 2 is 2.44 bits per heavy atom. The van der Waals surface area contributed by atoms with Crippen molar-refractivity contribution >= 4 is 15.9 Å². The van der Waals surface area contributed by atoms with Gasteiger partial charge in [-0.2, -0.15) is 5.10 Å². The van der Waals surface area contributed by atoms with Crippen molar-refractivity contribution in [2.75, 3.05) is 33.9 Å². The summed E-state index contributed by atoms with van der Waals surface area (Å²) >= 11 is 3.35. The third kappa shape index (κ3) is 5.07. The number of aliphatic hydroxyl groups excluding tert-OH is 1. The first-order chi connectivity index (χ1) is 7.61. The van der Waals surface area contributed by atoms with Crippen LogP contribution in [0.4, 0.5) is 0 Å². The van der Waals surface area contributed by atoms with Crippen molar-refractivity contribution in [1.82, 2.24) is 14.7 Å². The van der Waals surface area contributed by atoms with E-state index in [1.165, 1.54) is 0 Å². The van der Waals surface area contributed by atoms with Crippen molar-refractivity contribution in [3.8, 4) is 0 Å². The highest BCUT2D eigenvalue weighted by molar-refractivity contribution is 9.10. The van der Waals surface area contributed by atoms with Crippen LogP contribution in [-0.2, 0) is 11.3 Å². The fraction of sp³-hybridized carbons (Fsp3) is 0.700. The molecule has 1 heterocycles. The molecule has 1 N–H and O–H groups in total. The maximum atomic E-state index is 9.52. The lowest BCUT2D eigenvalue weighted by Crippen LogP contribution is -2.34. The van der Waals surface area contributed by atoms with E-state index in [0.717, 1.165) is 17.6 Å². The molecule has 16 heavy (non-hydrogen) atoms. The molecule has 0 bridgehead atoms. The summed E-state index contributed by atoms with van der Waals surface area (Å²) in [6.45, 7) is 2.63. The Hall–Kier alpha value is -0.430. The average Bonchev–Trinajstić information content (AvgIpc) is 2.61. The standard InChI is InChI=1S/C10H18BrN3O2/c1-13(7-10(15)8-16-2)3-4-14-6-9(11)5-12-14/h5-6,10,15H,3-4,7-8H2,1-2H3. The molecule has 92 valence electrons. The molecule has 1 rings (SSSR count). The average molecular weight is 292 g/mol. The molecule has 0 saturated heterocycles. The second-order valence-corrected chi connectivity index (χ2v) is 4.71. The molecule has 0 aliphatic rings. The van der Waals surface area contributed by atoms with Crippen LogP contribution in [0.1, 0.15) is 0 Å². The Morgan fingerprint density at radius 1 is 1.69 bits per heavy atom. The SMILES string of the molecule is COCC(O)CN(C)CCn1cc(Br)cn1. The van der Waals surface area contributed by atoms with Gasteiger partial charge in [0.2, 0.25) is 0 Å². The number of nitrogens with zero attached hydrogens (tertiary/aromatic N) is 3. The lowest BCUT2D eigenvalue weighted by atomic mass is 10.3. The minimum atomic E-state index is -0.431. The van der Waals surface area contributed by atoms with Crippen LogP contribution in [0.3, 0.4) is 0 Å². The van der Waals surface area contributed by atoms with E-state index in [1.807, 2.05) is 17.9 Å². The number of hydrogen-bond donors (Lipinski definition) is 1. The first kappa shape index (κ1) is 13.6. The predicted molar refractivity (Wildman–Crippen MR) is 65.3 cm³/mol. The third-order valence-electron chi connectivity index (χ3n) is 2.19. The molecule has 0 spiro atoms. The van der Waals surface area contributed by atoms with E-state index in [1.54, 1.807) is 13.3 Å².